The second-order valence-corrected chi connectivity index (χ2v) is 6.53. The van der Waals surface area contributed by atoms with E-state index in [0.717, 1.165) is 10.0 Å². The van der Waals surface area contributed by atoms with Crippen molar-refractivity contribution < 1.29 is 8.42 Å². The Balaban J connectivity index is 2.28. The van der Waals surface area contributed by atoms with Gasteiger partial charge in [-0.05, 0) is 40.5 Å². The number of anilines is 1. The number of pyridine rings is 1. The number of halogens is 1. The second-order valence-electron chi connectivity index (χ2n) is 3.99. The first kappa shape index (κ1) is 14.0. The molecule has 8 heteroatoms. The first-order valence-corrected chi connectivity index (χ1v) is 7.72. The maximum atomic E-state index is 12.1. The molecule has 0 saturated heterocycles. The molecule has 0 amide bonds. The minimum absolute atomic E-state index is 0.135. The maximum Gasteiger partial charge on any atom is 0.264 e. The zero-order valence-corrected chi connectivity index (χ0v) is 12.5. The molecular weight excluding hydrogens is 332 g/mol. The third-order valence-electron chi connectivity index (χ3n) is 2.53. The summed E-state index contributed by atoms with van der Waals surface area (Å²) in [6, 6.07) is 3.15. The van der Waals surface area contributed by atoms with E-state index in [1.165, 1.54) is 12.3 Å². The number of hydrogen-bond acceptors (Lipinski definition) is 4. The molecule has 0 fully saturated rings. The van der Waals surface area contributed by atoms with Crippen molar-refractivity contribution in [3.05, 3.63) is 40.3 Å². The average Bonchev–Trinajstić information content (AvgIpc) is 2.83. The monoisotopic (exact) mass is 344 g/mol. The van der Waals surface area contributed by atoms with E-state index in [-0.39, 0.29) is 17.3 Å². The molecule has 0 aliphatic carbocycles. The molecule has 2 heterocycles. The third-order valence-corrected chi connectivity index (χ3v) is 4.70. The first-order valence-electron chi connectivity index (χ1n) is 5.44. The van der Waals surface area contributed by atoms with Crippen LogP contribution < -0.4 is 10.5 Å². The number of rotatable bonds is 4. The molecule has 0 unspecified atom stereocenters. The highest BCUT2D eigenvalue weighted by Gasteiger charge is 2.16. The molecule has 2 rings (SSSR count). The number of H-pyrrole nitrogens is 1. The fraction of sp³-hybridized carbons (Fsp3) is 0.182. The van der Waals surface area contributed by atoms with E-state index in [1.807, 2.05) is 6.92 Å². The van der Waals surface area contributed by atoms with Gasteiger partial charge in [-0.15, -0.1) is 0 Å². The Bertz CT molecular complexity index is 696. The number of nitrogens with two attached hydrogens (primary N) is 1. The largest absolute Gasteiger partial charge is 0.363 e. The number of aryl methyl sites for hydroxylation is 1. The molecule has 0 spiro atoms. The Labute approximate surface area is 119 Å². The summed E-state index contributed by atoms with van der Waals surface area (Å²) in [5, 5.41) is 0. The summed E-state index contributed by atoms with van der Waals surface area (Å²) in [5.74, 6) is 0.274. The van der Waals surface area contributed by atoms with E-state index in [4.69, 9.17) is 5.73 Å². The molecule has 2 aromatic rings. The van der Waals surface area contributed by atoms with Crippen LogP contribution in [0.1, 0.15) is 11.3 Å². The van der Waals surface area contributed by atoms with E-state index < -0.39 is 10.0 Å². The predicted molar refractivity (Wildman–Crippen MR) is 76.2 cm³/mol. The molecule has 0 bridgehead atoms. The fourth-order valence-electron chi connectivity index (χ4n) is 1.48. The molecule has 102 valence electrons. The summed E-state index contributed by atoms with van der Waals surface area (Å²) in [7, 11) is -3.65. The Morgan fingerprint density at radius 1 is 1.47 bits per heavy atom. The van der Waals surface area contributed by atoms with Crippen LogP contribution in [0.2, 0.25) is 0 Å². The quantitative estimate of drug-likeness (QED) is 0.786. The molecule has 0 aromatic carbocycles. The number of aromatic nitrogens is 2. The average molecular weight is 345 g/mol. The number of hydrogen-bond donors (Lipinski definition) is 3. The van der Waals surface area contributed by atoms with E-state index in [0.29, 0.717) is 5.69 Å². The van der Waals surface area contributed by atoms with Gasteiger partial charge in [-0.2, -0.15) is 0 Å². The van der Waals surface area contributed by atoms with Gasteiger partial charge in [0.15, 0.2) is 0 Å². The molecule has 0 aliphatic heterocycles. The van der Waals surface area contributed by atoms with Crippen LogP contribution in [0.15, 0.2) is 33.9 Å². The Kier molecular flexibility index (Phi) is 3.93. The van der Waals surface area contributed by atoms with E-state index in [9.17, 15) is 8.42 Å². The topological polar surface area (TPSA) is 101 Å². The molecule has 0 saturated carbocycles. The van der Waals surface area contributed by atoms with Crippen molar-refractivity contribution in [3.8, 4) is 0 Å². The summed E-state index contributed by atoms with van der Waals surface area (Å²) in [5.41, 5.74) is 6.98. The van der Waals surface area contributed by atoms with Crippen LogP contribution in [0.25, 0.3) is 0 Å². The van der Waals surface area contributed by atoms with Crippen LogP contribution in [0.5, 0.6) is 0 Å². The molecule has 19 heavy (non-hydrogen) atoms. The molecule has 0 atom stereocenters. The van der Waals surface area contributed by atoms with Crippen molar-refractivity contribution in [1.29, 1.82) is 0 Å². The second kappa shape index (κ2) is 5.32. The van der Waals surface area contributed by atoms with Crippen LogP contribution in [-0.4, -0.2) is 18.4 Å². The smallest absolute Gasteiger partial charge is 0.264 e. The summed E-state index contributed by atoms with van der Waals surface area (Å²) in [6.07, 6.45) is 2.95. The highest BCUT2D eigenvalue weighted by Crippen LogP contribution is 2.20. The van der Waals surface area contributed by atoms with Gasteiger partial charge in [-0.25, -0.2) is 13.4 Å². The lowest BCUT2D eigenvalue weighted by atomic mass is 10.3. The van der Waals surface area contributed by atoms with Crippen molar-refractivity contribution in [2.45, 2.75) is 18.4 Å². The van der Waals surface area contributed by atoms with Crippen LogP contribution >= 0.6 is 15.9 Å². The first-order chi connectivity index (χ1) is 8.92. The Morgan fingerprint density at radius 2 is 2.21 bits per heavy atom. The lowest BCUT2D eigenvalue weighted by molar-refractivity contribution is 0.601. The fourth-order valence-corrected chi connectivity index (χ4v) is 2.72. The van der Waals surface area contributed by atoms with E-state index in [2.05, 4.69) is 30.6 Å². The summed E-state index contributed by atoms with van der Waals surface area (Å²) in [6.45, 7) is 2.11. The van der Waals surface area contributed by atoms with Gasteiger partial charge in [0.25, 0.3) is 10.0 Å². The molecule has 0 aliphatic rings. The maximum absolute atomic E-state index is 12.1. The van der Waals surface area contributed by atoms with Crippen molar-refractivity contribution >= 4 is 31.8 Å². The standard InChI is InChI=1S/C11H13BrN4O2S/c1-7-2-11(15-6-10(7)12)16-19(17,18)9-3-8(4-13)14-5-9/h2-3,5-6,14H,4,13H2,1H3,(H,15,16). The minimum Gasteiger partial charge on any atom is -0.363 e. The van der Waals surface area contributed by atoms with Crippen LogP contribution in [0.3, 0.4) is 0 Å². The normalized spacial score (nSPS) is 11.5. The minimum atomic E-state index is -3.65. The van der Waals surface area contributed by atoms with Crippen molar-refractivity contribution in [2.24, 2.45) is 5.73 Å². The molecule has 2 aromatic heterocycles. The lowest BCUT2D eigenvalue weighted by Gasteiger charge is -2.06. The van der Waals surface area contributed by atoms with Gasteiger partial charge in [0.2, 0.25) is 0 Å². The lowest BCUT2D eigenvalue weighted by Crippen LogP contribution is -2.13. The number of nitrogens with one attached hydrogen (secondary N) is 2. The van der Waals surface area contributed by atoms with Gasteiger partial charge >= 0.3 is 0 Å². The summed E-state index contributed by atoms with van der Waals surface area (Å²) >= 11 is 3.31. The zero-order valence-electron chi connectivity index (χ0n) is 10.1. The number of nitrogens with zero attached hydrogens (tertiary/aromatic N) is 1. The van der Waals surface area contributed by atoms with Crippen molar-refractivity contribution in [3.63, 3.8) is 0 Å². The van der Waals surface area contributed by atoms with Crippen LogP contribution in [-0.2, 0) is 16.6 Å². The van der Waals surface area contributed by atoms with Crippen LogP contribution in [0.4, 0.5) is 5.82 Å². The third kappa shape index (κ3) is 3.14. The Morgan fingerprint density at radius 3 is 2.79 bits per heavy atom. The van der Waals surface area contributed by atoms with E-state index in [1.54, 1.807) is 12.3 Å². The number of sulfonamides is 1. The van der Waals surface area contributed by atoms with Crippen molar-refractivity contribution in [2.75, 3.05) is 4.72 Å². The van der Waals surface area contributed by atoms with Crippen LogP contribution in [0, 0.1) is 6.92 Å². The van der Waals surface area contributed by atoms with Gasteiger partial charge in [-0.3, -0.25) is 4.72 Å². The molecular formula is C11H13BrN4O2S. The van der Waals surface area contributed by atoms with E-state index >= 15 is 0 Å². The molecule has 0 radical (unpaired) electrons. The predicted octanol–water partition coefficient (Wildman–Crippen LogP) is 1.74. The highest BCUT2D eigenvalue weighted by molar-refractivity contribution is 9.10. The van der Waals surface area contributed by atoms with Gasteiger partial charge in [-0.1, -0.05) is 0 Å². The van der Waals surface area contributed by atoms with Gasteiger partial charge in [0, 0.05) is 29.1 Å². The highest BCUT2D eigenvalue weighted by atomic mass is 79.9. The SMILES string of the molecule is Cc1cc(NS(=O)(=O)c2c[nH]c(CN)c2)ncc1Br. The van der Waals surface area contributed by atoms with Crippen molar-refractivity contribution in [1.82, 2.24) is 9.97 Å². The van der Waals surface area contributed by atoms with Gasteiger partial charge < -0.3 is 10.7 Å². The van der Waals surface area contributed by atoms with Gasteiger partial charge in [0.05, 0.1) is 0 Å². The Hall–Kier alpha value is -1.38. The number of aromatic amines is 1. The summed E-state index contributed by atoms with van der Waals surface area (Å²) < 4.78 is 27.4. The molecule has 4 N–H and O–H groups in total. The van der Waals surface area contributed by atoms with Gasteiger partial charge in [0.1, 0.15) is 10.7 Å². The zero-order chi connectivity index (χ0) is 14.0. The summed E-state index contributed by atoms with van der Waals surface area (Å²) in [4.78, 5) is 6.94. The molecule has 6 nitrogen and oxygen atoms in total.